The van der Waals surface area contributed by atoms with Crippen molar-refractivity contribution in [2.45, 2.75) is 44.9 Å². The summed E-state index contributed by atoms with van der Waals surface area (Å²) < 4.78 is 0. The van der Waals surface area contributed by atoms with E-state index in [1.54, 1.807) is 0 Å². The van der Waals surface area contributed by atoms with Gasteiger partial charge in [-0.1, -0.05) is 11.6 Å². The number of amides is 1. The lowest BCUT2D eigenvalue weighted by atomic mass is 9.49. The monoisotopic (exact) mass is 387 g/mol. The minimum absolute atomic E-state index is 0.0288. The maximum atomic E-state index is 13.6. The molecule has 1 heterocycles. The van der Waals surface area contributed by atoms with Crippen molar-refractivity contribution in [1.82, 2.24) is 4.90 Å². The Balaban J connectivity index is 1.31. The zero-order valence-electron chi connectivity index (χ0n) is 16.0. The quantitative estimate of drug-likeness (QED) is 0.774. The number of halogens is 1. The molecule has 1 amide bonds. The second-order valence-electron chi connectivity index (χ2n) is 9.53. The minimum atomic E-state index is -0.0288. The molecule has 0 atom stereocenters. The smallest absolute Gasteiger partial charge is 0.228 e. The highest BCUT2D eigenvalue weighted by molar-refractivity contribution is 6.31. The summed E-state index contributed by atoms with van der Waals surface area (Å²) in [5, 5.41) is 0.713. The molecule has 5 aliphatic rings. The first kappa shape index (κ1) is 17.7. The van der Waals surface area contributed by atoms with Crippen molar-refractivity contribution in [2.24, 2.45) is 23.2 Å². The van der Waals surface area contributed by atoms with Crippen LogP contribution in [0.15, 0.2) is 18.2 Å². The number of nitrogens with two attached hydrogens (primary N) is 1. The van der Waals surface area contributed by atoms with E-state index in [1.807, 2.05) is 18.2 Å². The number of carbonyl (C=O) groups is 1. The molecule has 4 saturated carbocycles. The molecule has 2 N–H and O–H groups in total. The highest BCUT2D eigenvalue weighted by Crippen LogP contribution is 2.60. The Morgan fingerprint density at radius 2 is 1.67 bits per heavy atom. The Bertz CT molecular complexity index is 714. The molecule has 4 nitrogen and oxygen atoms in total. The van der Waals surface area contributed by atoms with Crippen LogP contribution >= 0.6 is 11.6 Å². The van der Waals surface area contributed by atoms with Gasteiger partial charge in [-0.3, -0.25) is 4.79 Å². The van der Waals surface area contributed by atoms with E-state index in [1.165, 1.54) is 19.3 Å². The van der Waals surface area contributed by atoms with Gasteiger partial charge < -0.3 is 15.5 Å². The number of hydrogen-bond acceptors (Lipinski definition) is 3. The van der Waals surface area contributed by atoms with Crippen molar-refractivity contribution >= 4 is 28.9 Å². The third kappa shape index (κ3) is 3.10. The normalized spacial score (nSPS) is 35.4. The molecular formula is C22H30ClN3O. The molecule has 0 spiro atoms. The fourth-order valence-corrected chi connectivity index (χ4v) is 7.03. The largest absolute Gasteiger partial charge is 0.397 e. The predicted octanol–water partition coefficient (Wildman–Crippen LogP) is 4.18. The first-order valence-electron chi connectivity index (χ1n) is 10.6. The maximum absolute atomic E-state index is 13.6. The van der Waals surface area contributed by atoms with Gasteiger partial charge in [0.15, 0.2) is 0 Å². The molecule has 5 heteroatoms. The lowest BCUT2D eigenvalue weighted by molar-refractivity contribution is -0.157. The number of anilines is 2. The molecule has 1 aliphatic heterocycles. The van der Waals surface area contributed by atoms with Gasteiger partial charge in [0.25, 0.3) is 0 Å². The van der Waals surface area contributed by atoms with Gasteiger partial charge in [0.05, 0.1) is 16.8 Å². The number of nitrogen functional groups attached to an aromatic ring is 1. The highest BCUT2D eigenvalue weighted by Gasteiger charge is 2.55. The van der Waals surface area contributed by atoms with Crippen molar-refractivity contribution in [3.63, 3.8) is 0 Å². The molecule has 5 fully saturated rings. The lowest BCUT2D eigenvalue weighted by Crippen LogP contribution is -2.55. The molecule has 1 aromatic rings. The van der Waals surface area contributed by atoms with Crippen LogP contribution in [-0.2, 0) is 4.79 Å². The number of rotatable bonds is 2. The Kier molecular flexibility index (Phi) is 4.30. The molecule has 1 saturated heterocycles. The molecule has 0 unspecified atom stereocenters. The Hall–Kier alpha value is -1.42. The van der Waals surface area contributed by atoms with Crippen LogP contribution in [0, 0.1) is 23.2 Å². The summed E-state index contributed by atoms with van der Waals surface area (Å²) in [7, 11) is 0. The number of hydrogen-bond donors (Lipinski definition) is 1. The molecular weight excluding hydrogens is 358 g/mol. The molecule has 6 rings (SSSR count). The zero-order chi connectivity index (χ0) is 18.6. The Morgan fingerprint density at radius 3 is 2.33 bits per heavy atom. The lowest BCUT2D eigenvalue weighted by Gasteiger charge is -2.56. The van der Waals surface area contributed by atoms with Crippen LogP contribution in [0.5, 0.6) is 0 Å². The first-order chi connectivity index (χ1) is 13.0. The molecule has 146 valence electrons. The highest BCUT2D eigenvalue weighted by atomic mass is 35.5. The van der Waals surface area contributed by atoms with Gasteiger partial charge in [-0.25, -0.2) is 0 Å². The van der Waals surface area contributed by atoms with Crippen molar-refractivity contribution in [2.75, 3.05) is 36.8 Å². The van der Waals surface area contributed by atoms with E-state index in [0.717, 1.165) is 81.0 Å². The second kappa shape index (κ2) is 6.58. The summed E-state index contributed by atoms with van der Waals surface area (Å²) in [6.45, 7) is 3.43. The van der Waals surface area contributed by atoms with Gasteiger partial charge in [0.2, 0.25) is 5.91 Å². The standard InChI is InChI=1S/C22H30ClN3O/c23-18-2-3-19(24)20(11-18)25-4-1-5-26(7-6-25)21(27)22-12-15-8-16(13-22)10-17(9-15)14-22/h2-3,11,15-17H,1,4-10,12-14,24H2. The molecule has 1 aromatic carbocycles. The fraction of sp³-hybridized carbons (Fsp3) is 0.682. The maximum Gasteiger partial charge on any atom is 0.228 e. The van der Waals surface area contributed by atoms with Crippen LogP contribution in [0.25, 0.3) is 0 Å². The third-order valence-electron chi connectivity index (χ3n) is 7.61. The van der Waals surface area contributed by atoms with Gasteiger partial charge in [-0.15, -0.1) is 0 Å². The summed E-state index contributed by atoms with van der Waals surface area (Å²) in [6.07, 6.45) is 8.60. The average Bonchev–Trinajstić information content (AvgIpc) is 2.88. The van der Waals surface area contributed by atoms with Crippen LogP contribution in [0.3, 0.4) is 0 Å². The molecule has 0 aromatic heterocycles. The molecule has 4 bridgehead atoms. The van der Waals surface area contributed by atoms with Gasteiger partial charge >= 0.3 is 0 Å². The first-order valence-corrected chi connectivity index (χ1v) is 11.0. The van der Waals surface area contributed by atoms with Gasteiger partial charge in [-0.05, 0) is 80.9 Å². The summed E-state index contributed by atoms with van der Waals surface area (Å²) in [5.41, 5.74) is 7.93. The predicted molar refractivity (Wildman–Crippen MR) is 110 cm³/mol. The summed E-state index contributed by atoms with van der Waals surface area (Å²) in [5.74, 6) is 2.90. The zero-order valence-corrected chi connectivity index (χ0v) is 16.8. The fourth-order valence-electron chi connectivity index (χ4n) is 6.86. The number of carbonyl (C=O) groups excluding carboxylic acids is 1. The van der Waals surface area contributed by atoms with Gasteiger partial charge in [0.1, 0.15) is 0 Å². The van der Waals surface area contributed by atoms with E-state index in [2.05, 4.69) is 9.80 Å². The summed E-state index contributed by atoms with van der Waals surface area (Å²) >= 11 is 6.19. The van der Waals surface area contributed by atoms with Crippen LogP contribution in [0.2, 0.25) is 5.02 Å². The topological polar surface area (TPSA) is 49.6 Å². The van der Waals surface area contributed by atoms with Gasteiger partial charge in [-0.2, -0.15) is 0 Å². The second-order valence-corrected chi connectivity index (χ2v) is 9.97. The van der Waals surface area contributed by atoms with Crippen LogP contribution in [0.4, 0.5) is 11.4 Å². The van der Waals surface area contributed by atoms with Crippen molar-refractivity contribution in [3.05, 3.63) is 23.2 Å². The van der Waals surface area contributed by atoms with E-state index >= 15 is 0 Å². The van der Waals surface area contributed by atoms with Crippen molar-refractivity contribution in [1.29, 1.82) is 0 Å². The minimum Gasteiger partial charge on any atom is -0.397 e. The molecule has 27 heavy (non-hydrogen) atoms. The molecule has 4 aliphatic carbocycles. The van der Waals surface area contributed by atoms with Crippen molar-refractivity contribution in [3.8, 4) is 0 Å². The van der Waals surface area contributed by atoms with E-state index in [9.17, 15) is 4.79 Å². The van der Waals surface area contributed by atoms with Crippen LogP contribution in [0.1, 0.15) is 44.9 Å². The van der Waals surface area contributed by atoms with E-state index in [-0.39, 0.29) is 5.41 Å². The van der Waals surface area contributed by atoms with E-state index in [0.29, 0.717) is 10.9 Å². The Labute approximate surface area is 167 Å². The van der Waals surface area contributed by atoms with E-state index < -0.39 is 0 Å². The SMILES string of the molecule is Nc1ccc(Cl)cc1N1CCCN(C(=O)C23CC4CC(CC(C4)C2)C3)CC1. The number of benzene rings is 1. The summed E-state index contributed by atoms with van der Waals surface area (Å²) in [6, 6.07) is 5.66. The average molecular weight is 388 g/mol. The van der Waals surface area contributed by atoms with Gasteiger partial charge in [0, 0.05) is 31.2 Å². The third-order valence-corrected chi connectivity index (χ3v) is 7.84. The van der Waals surface area contributed by atoms with E-state index in [4.69, 9.17) is 17.3 Å². The summed E-state index contributed by atoms with van der Waals surface area (Å²) in [4.78, 5) is 18.1. The Morgan fingerprint density at radius 1 is 1.00 bits per heavy atom. The van der Waals surface area contributed by atoms with Crippen LogP contribution in [-0.4, -0.2) is 37.0 Å². The molecule has 0 radical (unpaired) electrons. The van der Waals surface area contributed by atoms with Crippen LogP contribution < -0.4 is 10.6 Å². The van der Waals surface area contributed by atoms with Crippen molar-refractivity contribution < 1.29 is 4.79 Å². The number of nitrogens with zero attached hydrogens (tertiary/aromatic N) is 2.